The van der Waals surface area contributed by atoms with E-state index in [9.17, 15) is 0 Å². The second-order valence-electron chi connectivity index (χ2n) is 4.56. The monoisotopic (exact) mass is 289 g/mol. The standard InChI is InChI=1S/C14H19N5O2/c1-9(2)21-11-6-4-10(5-7-11)18-13-12(20-3)14(19-15)17-8-16-13/h4-9H,15H2,1-3H3,(H2,16,17,18,19). The van der Waals surface area contributed by atoms with Crippen LogP contribution in [0.25, 0.3) is 0 Å². The number of hydrazine groups is 1. The Morgan fingerprint density at radius 1 is 1.10 bits per heavy atom. The van der Waals surface area contributed by atoms with E-state index in [0.29, 0.717) is 17.4 Å². The van der Waals surface area contributed by atoms with Crippen molar-refractivity contribution < 1.29 is 9.47 Å². The first-order chi connectivity index (χ1) is 10.1. The van der Waals surface area contributed by atoms with Gasteiger partial charge in [0.05, 0.1) is 13.2 Å². The van der Waals surface area contributed by atoms with Crippen LogP contribution in [0.2, 0.25) is 0 Å². The van der Waals surface area contributed by atoms with Crippen molar-refractivity contribution in [3.63, 3.8) is 0 Å². The molecule has 0 radical (unpaired) electrons. The molecule has 1 heterocycles. The van der Waals surface area contributed by atoms with Crippen LogP contribution in [0, 0.1) is 0 Å². The number of nitrogens with two attached hydrogens (primary N) is 1. The molecule has 1 aromatic carbocycles. The molecule has 0 unspecified atom stereocenters. The lowest BCUT2D eigenvalue weighted by molar-refractivity contribution is 0.242. The van der Waals surface area contributed by atoms with Gasteiger partial charge in [-0.1, -0.05) is 0 Å². The Balaban J connectivity index is 2.18. The van der Waals surface area contributed by atoms with Gasteiger partial charge in [0.15, 0.2) is 11.6 Å². The van der Waals surface area contributed by atoms with Gasteiger partial charge in [-0.3, -0.25) is 0 Å². The summed E-state index contributed by atoms with van der Waals surface area (Å²) in [5.41, 5.74) is 3.32. The predicted molar refractivity (Wildman–Crippen MR) is 81.9 cm³/mol. The minimum atomic E-state index is 0.143. The average molecular weight is 289 g/mol. The summed E-state index contributed by atoms with van der Waals surface area (Å²) in [6, 6.07) is 7.57. The maximum absolute atomic E-state index is 5.60. The lowest BCUT2D eigenvalue weighted by atomic mass is 10.3. The molecular formula is C14H19N5O2. The zero-order valence-electron chi connectivity index (χ0n) is 12.3. The second-order valence-corrected chi connectivity index (χ2v) is 4.56. The van der Waals surface area contributed by atoms with Crippen molar-refractivity contribution in [1.29, 1.82) is 0 Å². The summed E-state index contributed by atoms with van der Waals surface area (Å²) in [6.45, 7) is 3.97. The Kier molecular flexibility index (Phi) is 4.78. The molecule has 0 spiro atoms. The van der Waals surface area contributed by atoms with Crippen LogP contribution in [0.15, 0.2) is 30.6 Å². The first kappa shape index (κ1) is 14.9. The molecule has 0 aliphatic heterocycles. The number of rotatable bonds is 6. The van der Waals surface area contributed by atoms with E-state index in [2.05, 4.69) is 20.7 Å². The number of nitrogens with zero attached hydrogens (tertiary/aromatic N) is 2. The minimum Gasteiger partial charge on any atom is -0.491 e. The maximum atomic E-state index is 5.60. The lowest BCUT2D eigenvalue weighted by Crippen LogP contribution is -2.11. The van der Waals surface area contributed by atoms with Crippen molar-refractivity contribution in [3.05, 3.63) is 30.6 Å². The highest BCUT2D eigenvalue weighted by molar-refractivity contribution is 5.69. The largest absolute Gasteiger partial charge is 0.491 e. The van der Waals surface area contributed by atoms with Crippen LogP contribution in [-0.2, 0) is 0 Å². The van der Waals surface area contributed by atoms with Crippen LogP contribution in [0.4, 0.5) is 17.3 Å². The zero-order valence-corrected chi connectivity index (χ0v) is 12.3. The van der Waals surface area contributed by atoms with Gasteiger partial charge in [-0.2, -0.15) is 0 Å². The van der Waals surface area contributed by atoms with Gasteiger partial charge in [0.1, 0.15) is 12.1 Å². The quantitative estimate of drug-likeness (QED) is 0.555. The normalized spacial score (nSPS) is 10.3. The second kappa shape index (κ2) is 6.76. The number of aromatic nitrogens is 2. The van der Waals surface area contributed by atoms with Gasteiger partial charge in [0, 0.05) is 5.69 Å². The molecule has 0 fully saturated rings. The molecule has 2 aromatic rings. The molecule has 4 N–H and O–H groups in total. The summed E-state index contributed by atoms with van der Waals surface area (Å²) in [7, 11) is 1.53. The van der Waals surface area contributed by atoms with E-state index in [1.165, 1.54) is 13.4 Å². The summed E-state index contributed by atoms with van der Waals surface area (Å²) in [4.78, 5) is 8.14. The smallest absolute Gasteiger partial charge is 0.205 e. The highest BCUT2D eigenvalue weighted by atomic mass is 16.5. The van der Waals surface area contributed by atoms with Gasteiger partial charge in [-0.05, 0) is 38.1 Å². The first-order valence-electron chi connectivity index (χ1n) is 6.53. The van der Waals surface area contributed by atoms with Gasteiger partial charge >= 0.3 is 0 Å². The highest BCUT2D eigenvalue weighted by Crippen LogP contribution is 2.31. The third-order valence-electron chi connectivity index (χ3n) is 2.63. The molecule has 0 amide bonds. The van der Waals surface area contributed by atoms with E-state index in [-0.39, 0.29) is 6.10 Å². The van der Waals surface area contributed by atoms with Crippen LogP contribution in [0.5, 0.6) is 11.5 Å². The summed E-state index contributed by atoms with van der Waals surface area (Å²) < 4.78 is 10.9. The molecular weight excluding hydrogens is 270 g/mol. The number of ether oxygens (including phenoxy) is 2. The number of anilines is 3. The van der Waals surface area contributed by atoms with Gasteiger partial charge in [-0.15, -0.1) is 0 Å². The van der Waals surface area contributed by atoms with Gasteiger partial charge < -0.3 is 20.2 Å². The molecule has 112 valence electrons. The SMILES string of the molecule is COc1c(NN)ncnc1Nc1ccc(OC(C)C)cc1. The van der Waals surface area contributed by atoms with Gasteiger partial charge in [-0.25, -0.2) is 15.8 Å². The molecule has 0 aliphatic carbocycles. The Morgan fingerprint density at radius 3 is 2.33 bits per heavy atom. The summed E-state index contributed by atoms with van der Waals surface area (Å²) >= 11 is 0. The van der Waals surface area contributed by atoms with Crippen molar-refractivity contribution in [1.82, 2.24) is 9.97 Å². The third-order valence-corrected chi connectivity index (χ3v) is 2.63. The van der Waals surface area contributed by atoms with E-state index in [1.54, 1.807) is 0 Å². The fourth-order valence-electron chi connectivity index (χ4n) is 1.78. The fourth-order valence-corrected chi connectivity index (χ4v) is 1.78. The summed E-state index contributed by atoms with van der Waals surface area (Å²) in [5, 5.41) is 3.15. The van der Waals surface area contributed by atoms with Crippen LogP contribution in [-0.4, -0.2) is 23.2 Å². The van der Waals surface area contributed by atoms with E-state index < -0.39 is 0 Å². The van der Waals surface area contributed by atoms with Crippen molar-refractivity contribution in [3.8, 4) is 11.5 Å². The number of hydrogen-bond acceptors (Lipinski definition) is 7. The first-order valence-corrected chi connectivity index (χ1v) is 6.53. The van der Waals surface area contributed by atoms with E-state index in [0.717, 1.165) is 11.4 Å². The Labute approximate surface area is 123 Å². The molecule has 0 saturated carbocycles. The van der Waals surface area contributed by atoms with Crippen LogP contribution in [0.3, 0.4) is 0 Å². The fraction of sp³-hybridized carbons (Fsp3) is 0.286. The van der Waals surface area contributed by atoms with Gasteiger partial charge in [0.25, 0.3) is 0 Å². The Morgan fingerprint density at radius 2 is 1.76 bits per heavy atom. The van der Waals surface area contributed by atoms with Crippen molar-refractivity contribution >= 4 is 17.3 Å². The molecule has 2 rings (SSSR count). The molecule has 0 aliphatic rings. The van der Waals surface area contributed by atoms with Crippen LogP contribution in [0.1, 0.15) is 13.8 Å². The Hall–Kier alpha value is -2.54. The van der Waals surface area contributed by atoms with E-state index in [4.69, 9.17) is 15.3 Å². The number of benzene rings is 1. The summed E-state index contributed by atoms with van der Waals surface area (Å²) in [6.07, 6.45) is 1.54. The van der Waals surface area contributed by atoms with Crippen LogP contribution >= 0.6 is 0 Å². The van der Waals surface area contributed by atoms with Crippen molar-refractivity contribution in [2.75, 3.05) is 17.9 Å². The molecule has 7 heteroatoms. The molecule has 0 saturated heterocycles. The summed E-state index contributed by atoms with van der Waals surface area (Å²) in [5.74, 6) is 7.59. The topological polar surface area (TPSA) is 94.3 Å². The van der Waals surface area contributed by atoms with E-state index in [1.807, 2.05) is 38.1 Å². The molecule has 0 atom stereocenters. The van der Waals surface area contributed by atoms with Crippen molar-refractivity contribution in [2.45, 2.75) is 20.0 Å². The minimum absolute atomic E-state index is 0.143. The van der Waals surface area contributed by atoms with Crippen LogP contribution < -0.4 is 26.1 Å². The number of methoxy groups -OCH3 is 1. The molecule has 0 bridgehead atoms. The average Bonchev–Trinajstić information content (AvgIpc) is 2.48. The molecule has 21 heavy (non-hydrogen) atoms. The number of nitrogen functional groups attached to an aromatic ring is 1. The Bertz CT molecular complexity index is 586. The zero-order chi connectivity index (χ0) is 15.2. The number of hydrogen-bond donors (Lipinski definition) is 3. The highest BCUT2D eigenvalue weighted by Gasteiger charge is 2.11. The maximum Gasteiger partial charge on any atom is 0.205 e. The molecule has 7 nitrogen and oxygen atoms in total. The number of nitrogens with one attached hydrogen (secondary N) is 2. The predicted octanol–water partition coefficient (Wildman–Crippen LogP) is 2.30. The van der Waals surface area contributed by atoms with Gasteiger partial charge in [0.2, 0.25) is 5.75 Å². The third kappa shape index (κ3) is 3.73. The lowest BCUT2D eigenvalue weighted by Gasteiger charge is -2.13. The van der Waals surface area contributed by atoms with Crippen molar-refractivity contribution in [2.24, 2.45) is 5.84 Å². The van der Waals surface area contributed by atoms with E-state index >= 15 is 0 Å². The molecule has 1 aromatic heterocycles.